The van der Waals surface area contributed by atoms with Gasteiger partial charge in [0.25, 0.3) is 11.1 Å². The summed E-state index contributed by atoms with van der Waals surface area (Å²) in [6.07, 6.45) is 5.44. The monoisotopic (exact) mass is 429 g/mol. The van der Waals surface area contributed by atoms with Gasteiger partial charge in [-0.3, -0.25) is 19.0 Å². The minimum atomic E-state index is -0.325. The molecule has 162 valence electrons. The minimum Gasteiger partial charge on any atom is -0.349 e. The molecule has 0 aliphatic heterocycles. The molecule has 2 aromatic carbocycles. The van der Waals surface area contributed by atoms with Crippen LogP contribution in [-0.4, -0.2) is 25.2 Å². The van der Waals surface area contributed by atoms with E-state index < -0.39 is 0 Å². The Hall–Kier alpha value is -3.81. The zero-order chi connectivity index (χ0) is 22.1. The third-order valence-electron chi connectivity index (χ3n) is 6.07. The number of aromatic nitrogens is 4. The highest BCUT2D eigenvalue weighted by molar-refractivity contribution is 5.84. The van der Waals surface area contributed by atoms with Gasteiger partial charge in [-0.1, -0.05) is 43.2 Å². The largest absolute Gasteiger partial charge is 0.349 e. The summed E-state index contributed by atoms with van der Waals surface area (Å²) in [5, 5.41) is 9.29. The molecule has 8 nitrogen and oxygen atoms in total. The number of nitrogens with one attached hydrogen (secondary N) is 1. The number of nitrogens with zero attached hydrogens (tertiary/aromatic N) is 4. The summed E-state index contributed by atoms with van der Waals surface area (Å²) < 4.78 is 2.89. The molecule has 8 heteroatoms. The average Bonchev–Trinajstić information content (AvgIpc) is 3.35. The maximum Gasteiger partial charge on any atom is 0.274 e. The molecule has 2 heterocycles. The highest BCUT2D eigenvalue weighted by atomic mass is 16.2. The van der Waals surface area contributed by atoms with Crippen LogP contribution in [0.1, 0.15) is 37.4 Å². The molecule has 0 radical (unpaired) electrons. The van der Waals surface area contributed by atoms with Gasteiger partial charge in [0, 0.05) is 5.39 Å². The van der Waals surface area contributed by atoms with Gasteiger partial charge in [-0.2, -0.15) is 5.10 Å². The number of carbonyl (C=O) groups excluding carboxylic acids is 1. The SMILES string of the molecule is O=C(Cn1cnc2ccccc2c1=O)NCc1nn(C2CCCC2)c(=O)c2ccccc12. The van der Waals surface area contributed by atoms with E-state index in [1.165, 1.54) is 10.9 Å². The smallest absolute Gasteiger partial charge is 0.274 e. The first kappa shape index (κ1) is 20.1. The fourth-order valence-electron chi connectivity index (χ4n) is 4.41. The molecule has 1 aliphatic rings. The van der Waals surface area contributed by atoms with Crippen molar-refractivity contribution in [1.29, 1.82) is 0 Å². The van der Waals surface area contributed by atoms with E-state index in [0.29, 0.717) is 22.0 Å². The number of amides is 1. The van der Waals surface area contributed by atoms with Gasteiger partial charge in [0.1, 0.15) is 6.54 Å². The van der Waals surface area contributed by atoms with Crippen LogP contribution in [0.2, 0.25) is 0 Å². The molecule has 0 atom stereocenters. The summed E-state index contributed by atoms with van der Waals surface area (Å²) in [7, 11) is 0. The molecule has 1 aliphatic carbocycles. The number of hydrogen-bond donors (Lipinski definition) is 1. The fraction of sp³-hybridized carbons (Fsp3) is 0.292. The van der Waals surface area contributed by atoms with Crippen molar-refractivity contribution in [2.45, 2.75) is 44.8 Å². The van der Waals surface area contributed by atoms with Crippen LogP contribution in [0.4, 0.5) is 0 Å². The molecule has 1 amide bonds. The first-order chi connectivity index (χ1) is 15.6. The Labute approximate surface area is 183 Å². The number of para-hydroxylation sites is 1. The summed E-state index contributed by atoms with van der Waals surface area (Å²) >= 11 is 0. The molecule has 1 fully saturated rings. The Kier molecular flexibility index (Phi) is 5.26. The van der Waals surface area contributed by atoms with Crippen LogP contribution in [0.3, 0.4) is 0 Å². The Bertz CT molecular complexity index is 1430. The number of carbonyl (C=O) groups is 1. The van der Waals surface area contributed by atoms with Crippen molar-refractivity contribution < 1.29 is 4.79 Å². The van der Waals surface area contributed by atoms with E-state index in [4.69, 9.17) is 0 Å². The predicted molar refractivity (Wildman–Crippen MR) is 121 cm³/mol. The maximum absolute atomic E-state index is 13.0. The second-order valence-electron chi connectivity index (χ2n) is 8.15. The second kappa shape index (κ2) is 8.37. The lowest BCUT2D eigenvalue weighted by atomic mass is 10.1. The number of benzene rings is 2. The first-order valence-electron chi connectivity index (χ1n) is 10.8. The van der Waals surface area contributed by atoms with Crippen molar-refractivity contribution in [2.75, 3.05) is 0 Å². The zero-order valence-electron chi connectivity index (χ0n) is 17.5. The van der Waals surface area contributed by atoms with Crippen molar-refractivity contribution in [2.24, 2.45) is 0 Å². The first-order valence-corrected chi connectivity index (χ1v) is 10.8. The van der Waals surface area contributed by atoms with Crippen LogP contribution in [0.5, 0.6) is 0 Å². The number of hydrogen-bond acceptors (Lipinski definition) is 5. The molecular formula is C24H23N5O3. The van der Waals surface area contributed by atoms with E-state index in [2.05, 4.69) is 15.4 Å². The third-order valence-corrected chi connectivity index (χ3v) is 6.07. The molecule has 1 N–H and O–H groups in total. The molecule has 0 bridgehead atoms. The fourth-order valence-corrected chi connectivity index (χ4v) is 4.41. The quantitative estimate of drug-likeness (QED) is 0.526. The van der Waals surface area contributed by atoms with Gasteiger partial charge >= 0.3 is 0 Å². The topological polar surface area (TPSA) is 98.9 Å². The van der Waals surface area contributed by atoms with Crippen molar-refractivity contribution in [3.05, 3.63) is 81.3 Å². The summed E-state index contributed by atoms with van der Waals surface area (Å²) in [6.45, 7) is 0.0268. The van der Waals surface area contributed by atoms with Crippen molar-refractivity contribution in [1.82, 2.24) is 24.6 Å². The Morgan fingerprint density at radius 3 is 2.41 bits per heavy atom. The molecule has 4 aromatic rings. The lowest BCUT2D eigenvalue weighted by molar-refractivity contribution is -0.121. The molecule has 0 spiro atoms. The van der Waals surface area contributed by atoms with E-state index in [-0.39, 0.29) is 36.2 Å². The van der Waals surface area contributed by atoms with Gasteiger partial charge in [0.05, 0.1) is 40.9 Å². The predicted octanol–water partition coefficient (Wildman–Crippen LogP) is 2.54. The standard InChI is InChI=1S/C24H23N5O3/c30-22(14-28-15-26-20-12-6-5-11-19(20)23(28)31)25-13-21-17-9-3-4-10-18(17)24(32)29(27-21)16-7-1-2-8-16/h3-6,9-12,15-16H,1-2,7-8,13-14H2,(H,25,30). The van der Waals surface area contributed by atoms with Gasteiger partial charge in [-0.25, -0.2) is 9.67 Å². The van der Waals surface area contributed by atoms with Gasteiger partial charge in [0.15, 0.2) is 0 Å². The molecule has 0 saturated heterocycles. The zero-order valence-corrected chi connectivity index (χ0v) is 17.5. The third kappa shape index (κ3) is 3.68. The van der Waals surface area contributed by atoms with Crippen molar-refractivity contribution in [3.8, 4) is 0 Å². The molecular weight excluding hydrogens is 406 g/mol. The van der Waals surface area contributed by atoms with Gasteiger partial charge < -0.3 is 5.32 Å². The maximum atomic E-state index is 13.0. The minimum absolute atomic E-state index is 0.0867. The summed E-state index contributed by atoms with van der Waals surface area (Å²) in [5.74, 6) is -0.325. The Morgan fingerprint density at radius 2 is 1.62 bits per heavy atom. The molecule has 2 aromatic heterocycles. The Balaban J connectivity index is 1.40. The normalized spacial score (nSPS) is 14.2. The Morgan fingerprint density at radius 1 is 0.938 bits per heavy atom. The lowest BCUT2D eigenvalue weighted by Gasteiger charge is -2.16. The number of fused-ring (bicyclic) bond motifs is 2. The summed E-state index contributed by atoms with van der Waals surface area (Å²) in [5.41, 5.74) is 0.893. The van der Waals surface area contributed by atoms with Crippen LogP contribution in [0.15, 0.2) is 64.4 Å². The summed E-state index contributed by atoms with van der Waals surface area (Å²) in [4.78, 5) is 42.5. The van der Waals surface area contributed by atoms with E-state index in [1.807, 2.05) is 24.3 Å². The van der Waals surface area contributed by atoms with Crippen LogP contribution in [-0.2, 0) is 17.9 Å². The second-order valence-corrected chi connectivity index (χ2v) is 8.15. The van der Waals surface area contributed by atoms with Crippen molar-refractivity contribution >= 4 is 27.6 Å². The van der Waals surface area contributed by atoms with Gasteiger partial charge in [-0.15, -0.1) is 0 Å². The van der Waals surface area contributed by atoms with Crippen molar-refractivity contribution in [3.63, 3.8) is 0 Å². The van der Waals surface area contributed by atoms with Crippen LogP contribution in [0, 0.1) is 0 Å². The van der Waals surface area contributed by atoms with Crippen LogP contribution in [0.25, 0.3) is 21.7 Å². The van der Waals surface area contributed by atoms with E-state index in [1.54, 1.807) is 28.9 Å². The molecule has 32 heavy (non-hydrogen) atoms. The van der Waals surface area contributed by atoms with E-state index in [9.17, 15) is 14.4 Å². The van der Waals surface area contributed by atoms with E-state index >= 15 is 0 Å². The highest BCUT2D eigenvalue weighted by Gasteiger charge is 2.21. The molecule has 0 unspecified atom stereocenters. The van der Waals surface area contributed by atoms with E-state index in [0.717, 1.165) is 31.1 Å². The average molecular weight is 429 g/mol. The molecule has 5 rings (SSSR count). The number of rotatable bonds is 5. The van der Waals surface area contributed by atoms with Crippen LogP contribution >= 0.6 is 0 Å². The van der Waals surface area contributed by atoms with Crippen LogP contribution < -0.4 is 16.4 Å². The molecule has 1 saturated carbocycles. The summed E-state index contributed by atoms with van der Waals surface area (Å²) in [6, 6.07) is 14.5. The van der Waals surface area contributed by atoms with Gasteiger partial charge in [-0.05, 0) is 31.0 Å². The lowest BCUT2D eigenvalue weighted by Crippen LogP contribution is -2.34. The highest BCUT2D eigenvalue weighted by Crippen LogP contribution is 2.28. The van der Waals surface area contributed by atoms with Gasteiger partial charge in [0.2, 0.25) is 5.91 Å².